The molecule has 0 atom stereocenters. The number of benzene rings is 3. The summed E-state index contributed by atoms with van der Waals surface area (Å²) >= 11 is 1.27. The van der Waals surface area contributed by atoms with Crippen LogP contribution < -0.4 is 16.2 Å². The smallest absolute Gasteiger partial charge is 0.336 e. The number of aliphatic imine (C=N–C) groups is 1. The number of carbonyl (C=O) groups is 1. The highest BCUT2D eigenvalue weighted by Gasteiger charge is 2.35. The summed E-state index contributed by atoms with van der Waals surface area (Å²) < 4.78 is 10.5. The number of nitrogens with zero attached hydrogens (tertiary/aromatic N) is 2. The van der Waals surface area contributed by atoms with Gasteiger partial charge in [-0.25, -0.2) is 14.6 Å². The topological polar surface area (TPSA) is 93.1 Å². The predicted molar refractivity (Wildman–Crippen MR) is 142 cm³/mol. The zero-order chi connectivity index (χ0) is 24.6. The zero-order valence-electron chi connectivity index (χ0n) is 18.6. The third-order valence-electron chi connectivity index (χ3n) is 5.59. The van der Waals surface area contributed by atoms with Crippen LogP contribution in [0.25, 0.3) is 28.0 Å². The molecule has 6 rings (SSSR count). The van der Waals surface area contributed by atoms with Crippen LogP contribution in [0.1, 0.15) is 5.56 Å². The molecule has 1 saturated heterocycles. The van der Waals surface area contributed by atoms with Gasteiger partial charge < -0.3 is 8.83 Å². The van der Waals surface area contributed by atoms with Gasteiger partial charge in [-0.1, -0.05) is 30.3 Å². The van der Waals surface area contributed by atoms with E-state index >= 15 is 0 Å². The van der Waals surface area contributed by atoms with Gasteiger partial charge in [0.25, 0.3) is 5.91 Å². The van der Waals surface area contributed by atoms with Crippen LogP contribution in [0.4, 0.5) is 11.4 Å². The van der Waals surface area contributed by atoms with Gasteiger partial charge in [0.05, 0.1) is 16.3 Å². The lowest BCUT2D eigenvalue weighted by Gasteiger charge is -2.16. The molecule has 1 amide bonds. The summed E-state index contributed by atoms with van der Waals surface area (Å²) in [5, 5.41) is 1.87. The van der Waals surface area contributed by atoms with Gasteiger partial charge >= 0.3 is 11.3 Å². The third kappa shape index (κ3) is 4.14. The summed E-state index contributed by atoms with van der Waals surface area (Å²) in [6.07, 6.45) is 1.83. The summed E-state index contributed by atoms with van der Waals surface area (Å²) in [4.78, 5) is 43.5. The van der Waals surface area contributed by atoms with E-state index in [0.29, 0.717) is 38.0 Å². The van der Waals surface area contributed by atoms with Gasteiger partial charge in [0.1, 0.15) is 11.2 Å². The minimum absolute atomic E-state index is 0.217. The molecule has 8 heteroatoms. The Morgan fingerprint density at radius 1 is 0.722 bits per heavy atom. The lowest BCUT2D eigenvalue weighted by molar-refractivity contribution is -0.113. The highest BCUT2D eigenvalue weighted by molar-refractivity contribution is 8.19. The Morgan fingerprint density at radius 2 is 1.39 bits per heavy atom. The average Bonchev–Trinajstić information content (AvgIpc) is 3.18. The molecular formula is C28H16N2O5S. The first-order valence-electron chi connectivity index (χ1n) is 11.0. The van der Waals surface area contributed by atoms with Crippen molar-refractivity contribution >= 4 is 62.2 Å². The monoisotopic (exact) mass is 492 g/mol. The van der Waals surface area contributed by atoms with Gasteiger partial charge in [0, 0.05) is 22.9 Å². The fraction of sp³-hybridized carbons (Fsp3) is 0. The van der Waals surface area contributed by atoms with E-state index in [1.807, 2.05) is 36.4 Å². The van der Waals surface area contributed by atoms with E-state index in [1.54, 1.807) is 53.4 Å². The molecule has 5 aromatic rings. The largest absolute Gasteiger partial charge is 0.423 e. The summed E-state index contributed by atoms with van der Waals surface area (Å²) in [5.41, 5.74) is 2.12. The van der Waals surface area contributed by atoms with E-state index in [9.17, 15) is 14.4 Å². The molecule has 3 aromatic carbocycles. The summed E-state index contributed by atoms with van der Waals surface area (Å²) in [6.45, 7) is 0. The number of rotatable bonds is 3. The molecule has 1 aliphatic rings. The molecule has 7 nitrogen and oxygen atoms in total. The molecule has 0 spiro atoms. The minimum Gasteiger partial charge on any atom is -0.423 e. The molecule has 174 valence electrons. The molecule has 36 heavy (non-hydrogen) atoms. The van der Waals surface area contributed by atoms with E-state index in [-0.39, 0.29) is 5.91 Å². The van der Waals surface area contributed by atoms with Crippen LogP contribution >= 0.6 is 11.8 Å². The van der Waals surface area contributed by atoms with E-state index < -0.39 is 11.3 Å². The SMILES string of the molecule is O=C1/C(=C/c2ccccc2)SC(=Nc2ccc3oc(=O)ccc3c2)N1c1ccc2oc(=O)ccc2c1. The van der Waals surface area contributed by atoms with Crippen LogP contribution in [0.5, 0.6) is 0 Å². The van der Waals surface area contributed by atoms with Crippen molar-refractivity contribution in [2.75, 3.05) is 4.90 Å². The molecule has 1 aliphatic heterocycles. The number of anilines is 1. The second-order valence-electron chi connectivity index (χ2n) is 8.01. The number of fused-ring (bicyclic) bond motifs is 2. The number of hydrogen-bond donors (Lipinski definition) is 0. The van der Waals surface area contributed by atoms with Gasteiger partial charge in [-0.2, -0.15) is 0 Å². The van der Waals surface area contributed by atoms with Crippen LogP contribution in [0, 0.1) is 0 Å². The van der Waals surface area contributed by atoms with Crippen molar-refractivity contribution in [3.05, 3.63) is 122 Å². The lowest BCUT2D eigenvalue weighted by Crippen LogP contribution is -2.28. The molecule has 1 fully saturated rings. The molecule has 0 aliphatic carbocycles. The quantitative estimate of drug-likeness (QED) is 0.237. The van der Waals surface area contributed by atoms with Crippen LogP contribution in [0.2, 0.25) is 0 Å². The number of amidine groups is 1. The average molecular weight is 493 g/mol. The predicted octanol–water partition coefficient (Wildman–Crippen LogP) is 5.71. The van der Waals surface area contributed by atoms with E-state index in [4.69, 9.17) is 13.8 Å². The van der Waals surface area contributed by atoms with Crippen LogP contribution in [-0.2, 0) is 4.79 Å². The van der Waals surface area contributed by atoms with Gasteiger partial charge in [0.15, 0.2) is 5.17 Å². The molecule has 0 radical (unpaired) electrons. The van der Waals surface area contributed by atoms with Crippen LogP contribution in [0.15, 0.2) is 119 Å². The standard InChI is InChI=1S/C28H16N2O5S/c31-25-12-6-18-15-20(8-10-22(18)34-25)29-28-30(21-9-11-23-19(16-21)7-13-26(32)35-23)27(33)24(36-28)14-17-4-2-1-3-5-17/h1-16H/b24-14-,29-28?. The van der Waals surface area contributed by atoms with Crippen molar-refractivity contribution in [3.63, 3.8) is 0 Å². The molecule has 0 N–H and O–H groups in total. The normalized spacial score (nSPS) is 16.0. The van der Waals surface area contributed by atoms with Crippen LogP contribution in [-0.4, -0.2) is 11.1 Å². The highest BCUT2D eigenvalue weighted by Crippen LogP contribution is 2.38. The summed E-state index contributed by atoms with van der Waals surface area (Å²) in [6, 6.07) is 26.0. The second-order valence-corrected chi connectivity index (χ2v) is 9.02. The maximum Gasteiger partial charge on any atom is 0.336 e. The van der Waals surface area contributed by atoms with Gasteiger partial charge in [-0.05, 0) is 71.9 Å². The maximum absolute atomic E-state index is 13.6. The Labute approximate surface area is 208 Å². The van der Waals surface area contributed by atoms with Gasteiger partial charge in [-0.15, -0.1) is 0 Å². The number of hydrogen-bond acceptors (Lipinski definition) is 7. The Morgan fingerprint density at radius 3 is 2.11 bits per heavy atom. The Hall–Kier alpha value is -4.69. The van der Waals surface area contributed by atoms with Crippen molar-refractivity contribution in [1.82, 2.24) is 0 Å². The van der Waals surface area contributed by atoms with Crippen molar-refractivity contribution in [2.45, 2.75) is 0 Å². The Balaban J connectivity index is 1.47. The fourth-order valence-electron chi connectivity index (χ4n) is 3.91. The fourth-order valence-corrected chi connectivity index (χ4v) is 4.92. The third-order valence-corrected chi connectivity index (χ3v) is 6.56. The van der Waals surface area contributed by atoms with E-state index in [2.05, 4.69) is 0 Å². The second kappa shape index (κ2) is 8.83. The molecule has 3 heterocycles. The van der Waals surface area contributed by atoms with E-state index in [0.717, 1.165) is 10.9 Å². The van der Waals surface area contributed by atoms with Crippen molar-refractivity contribution in [1.29, 1.82) is 0 Å². The minimum atomic E-state index is -0.439. The number of amides is 1. The Bertz CT molecular complexity index is 1840. The van der Waals surface area contributed by atoms with Crippen molar-refractivity contribution in [3.8, 4) is 0 Å². The lowest BCUT2D eigenvalue weighted by atomic mass is 10.2. The maximum atomic E-state index is 13.6. The van der Waals surface area contributed by atoms with Crippen molar-refractivity contribution in [2.24, 2.45) is 4.99 Å². The first-order valence-corrected chi connectivity index (χ1v) is 11.8. The van der Waals surface area contributed by atoms with Gasteiger partial charge in [-0.3, -0.25) is 9.69 Å². The number of thioether (sulfide) groups is 1. The summed E-state index contributed by atoms with van der Waals surface area (Å²) in [7, 11) is 0. The molecular weight excluding hydrogens is 476 g/mol. The van der Waals surface area contributed by atoms with Gasteiger partial charge in [0.2, 0.25) is 0 Å². The van der Waals surface area contributed by atoms with Crippen molar-refractivity contribution < 1.29 is 13.6 Å². The Kier molecular flexibility index (Phi) is 5.35. The molecule has 2 aromatic heterocycles. The molecule has 0 bridgehead atoms. The molecule has 0 unspecified atom stereocenters. The zero-order valence-corrected chi connectivity index (χ0v) is 19.4. The summed E-state index contributed by atoms with van der Waals surface area (Å²) in [5.74, 6) is -0.217. The van der Waals surface area contributed by atoms with E-state index in [1.165, 1.54) is 23.9 Å². The van der Waals surface area contributed by atoms with Crippen LogP contribution in [0.3, 0.4) is 0 Å². The highest BCUT2D eigenvalue weighted by atomic mass is 32.2. The first kappa shape index (κ1) is 21.8. The first-order chi connectivity index (χ1) is 17.5. The molecule has 0 saturated carbocycles. The number of carbonyl (C=O) groups excluding carboxylic acids is 1.